The Bertz CT molecular complexity index is 399. The molecule has 1 aromatic heterocycles. The van der Waals surface area contributed by atoms with Crippen molar-refractivity contribution in [2.45, 2.75) is 6.92 Å². The summed E-state index contributed by atoms with van der Waals surface area (Å²) < 4.78 is 0. The molecule has 0 saturated carbocycles. The number of carbonyl (C=O) groups excluding carboxylic acids is 2. The third-order valence-corrected chi connectivity index (χ3v) is 2.19. The lowest BCUT2D eigenvalue weighted by atomic mass is 10.2. The van der Waals surface area contributed by atoms with E-state index in [2.05, 4.69) is 4.98 Å². The van der Waals surface area contributed by atoms with Gasteiger partial charge in [-0.1, -0.05) is 6.07 Å². The fourth-order valence-corrected chi connectivity index (χ4v) is 1.13. The van der Waals surface area contributed by atoms with Crippen LogP contribution in [0, 0.1) is 0 Å². The number of aromatic nitrogens is 1. The van der Waals surface area contributed by atoms with Crippen LogP contribution in [0.15, 0.2) is 30.0 Å². The summed E-state index contributed by atoms with van der Waals surface area (Å²) in [6.07, 6.45) is 3.66. The van der Waals surface area contributed by atoms with Crippen molar-refractivity contribution < 1.29 is 9.59 Å². The molecule has 0 saturated heterocycles. The number of nitrogens with zero attached hydrogens (tertiary/aromatic N) is 2. The van der Waals surface area contributed by atoms with Crippen molar-refractivity contribution in [1.82, 2.24) is 9.88 Å². The van der Waals surface area contributed by atoms with Gasteiger partial charge in [-0.15, -0.1) is 0 Å². The standard InChI is InChI=1S/C12H14N2O2/c1-3-14(2)12(16)10(9-15)8-11-6-4-5-7-13-11/h4-9H,3H2,1-2H3. The summed E-state index contributed by atoms with van der Waals surface area (Å²) in [6, 6.07) is 5.32. The second kappa shape index (κ2) is 5.80. The Balaban J connectivity index is 2.95. The van der Waals surface area contributed by atoms with Crippen molar-refractivity contribution in [2.75, 3.05) is 13.6 Å². The van der Waals surface area contributed by atoms with E-state index in [-0.39, 0.29) is 11.5 Å². The first kappa shape index (κ1) is 12.1. The maximum absolute atomic E-state index is 11.7. The SMILES string of the molecule is CCN(C)C(=O)C(C=O)=Cc1ccccn1. The first-order chi connectivity index (χ1) is 7.69. The summed E-state index contributed by atoms with van der Waals surface area (Å²) in [5.41, 5.74) is 0.713. The van der Waals surface area contributed by atoms with Gasteiger partial charge in [-0.2, -0.15) is 0 Å². The third kappa shape index (κ3) is 3.02. The minimum absolute atomic E-state index is 0.114. The second-order valence-corrected chi connectivity index (χ2v) is 3.29. The van der Waals surface area contributed by atoms with Crippen LogP contribution < -0.4 is 0 Å². The van der Waals surface area contributed by atoms with Crippen molar-refractivity contribution in [3.05, 3.63) is 35.7 Å². The number of hydrogen-bond acceptors (Lipinski definition) is 3. The fraction of sp³-hybridized carbons (Fsp3) is 0.250. The van der Waals surface area contributed by atoms with Crippen molar-refractivity contribution in [3.63, 3.8) is 0 Å². The Labute approximate surface area is 94.6 Å². The van der Waals surface area contributed by atoms with Crippen LogP contribution in [-0.4, -0.2) is 35.7 Å². The van der Waals surface area contributed by atoms with Gasteiger partial charge in [-0.05, 0) is 25.1 Å². The van der Waals surface area contributed by atoms with E-state index in [0.717, 1.165) is 0 Å². The highest BCUT2D eigenvalue weighted by molar-refractivity contribution is 6.14. The molecule has 0 unspecified atom stereocenters. The second-order valence-electron chi connectivity index (χ2n) is 3.29. The van der Waals surface area contributed by atoms with Crippen molar-refractivity contribution in [1.29, 1.82) is 0 Å². The van der Waals surface area contributed by atoms with Gasteiger partial charge in [-0.3, -0.25) is 14.6 Å². The van der Waals surface area contributed by atoms with E-state index >= 15 is 0 Å². The first-order valence-corrected chi connectivity index (χ1v) is 5.02. The van der Waals surface area contributed by atoms with Gasteiger partial charge in [0.1, 0.15) is 0 Å². The third-order valence-electron chi connectivity index (χ3n) is 2.19. The summed E-state index contributed by atoms with van der Waals surface area (Å²) in [6.45, 7) is 2.41. The molecule has 0 N–H and O–H groups in total. The Morgan fingerprint density at radius 3 is 2.75 bits per heavy atom. The van der Waals surface area contributed by atoms with Gasteiger partial charge < -0.3 is 4.90 Å². The zero-order valence-electron chi connectivity index (χ0n) is 9.38. The number of rotatable bonds is 4. The molecule has 84 valence electrons. The van der Waals surface area contributed by atoms with Gasteiger partial charge in [0.15, 0.2) is 6.29 Å². The molecule has 0 radical (unpaired) electrons. The number of pyridine rings is 1. The molecule has 1 aromatic rings. The molecule has 0 aromatic carbocycles. The zero-order chi connectivity index (χ0) is 12.0. The average molecular weight is 218 g/mol. The molecule has 1 rings (SSSR count). The molecule has 0 bridgehead atoms. The minimum Gasteiger partial charge on any atom is -0.342 e. The van der Waals surface area contributed by atoms with Crippen LogP contribution in [-0.2, 0) is 9.59 Å². The van der Waals surface area contributed by atoms with Gasteiger partial charge in [0, 0.05) is 19.8 Å². The van der Waals surface area contributed by atoms with Gasteiger partial charge in [0.25, 0.3) is 5.91 Å². The molecule has 1 amide bonds. The number of amides is 1. The van der Waals surface area contributed by atoms with Gasteiger partial charge in [0.05, 0.1) is 11.3 Å². The molecule has 4 heteroatoms. The normalized spacial score (nSPS) is 11.0. The molecule has 0 aliphatic heterocycles. The van der Waals surface area contributed by atoms with Crippen LogP contribution >= 0.6 is 0 Å². The quantitative estimate of drug-likeness (QED) is 0.329. The van der Waals surface area contributed by atoms with E-state index in [9.17, 15) is 9.59 Å². The molecule has 4 nitrogen and oxygen atoms in total. The van der Waals surface area contributed by atoms with Gasteiger partial charge in [0.2, 0.25) is 0 Å². The predicted molar refractivity (Wildman–Crippen MR) is 61.6 cm³/mol. The van der Waals surface area contributed by atoms with Crippen molar-refractivity contribution in [2.24, 2.45) is 0 Å². The minimum atomic E-state index is -0.289. The average Bonchev–Trinajstić information content (AvgIpc) is 2.35. The Hall–Kier alpha value is -1.97. The Morgan fingerprint density at radius 2 is 2.25 bits per heavy atom. The van der Waals surface area contributed by atoms with Gasteiger partial charge >= 0.3 is 0 Å². The number of aldehydes is 1. The maximum atomic E-state index is 11.7. The summed E-state index contributed by atoms with van der Waals surface area (Å²) in [7, 11) is 1.65. The number of likely N-dealkylation sites (N-methyl/N-ethyl adjacent to an activating group) is 1. The molecule has 0 fully saturated rings. The van der Waals surface area contributed by atoms with Crippen LogP contribution in [0.1, 0.15) is 12.6 Å². The zero-order valence-corrected chi connectivity index (χ0v) is 9.38. The fourth-order valence-electron chi connectivity index (χ4n) is 1.13. The lowest BCUT2D eigenvalue weighted by Gasteiger charge is -2.13. The Morgan fingerprint density at radius 1 is 1.50 bits per heavy atom. The summed E-state index contributed by atoms with van der Waals surface area (Å²) >= 11 is 0. The highest BCUT2D eigenvalue weighted by Gasteiger charge is 2.12. The van der Waals surface area contributed by atoms with Crippen LogP contribution in [0.3, 0.4) is 0 Å². The molecule has 0 aliphatic rings. The lowest BCUT2D eigenvalue weighted by molar-refractivity contribution is -0.126. The molecular formula is C12H14N2O2. The lowest BCUT2D eigenvalue weighted by Crippen LogP contribution is -2.28. The molecule has 1 heterocycles. The molecule has 16 heavy (non-hydrogen) atoms. The first-order valence-electron chi connectivity index (χ1n) is 5.02. The smallest absolute Gasteiger partial charge is 0.256 e. The maximum Gasteiger partial charge on any atom is 0.256 e. The topological polar surface area (TPSA) is 50.3 Å². The highest BCUT2D eigenvalue weighted by Crippen LogP contribution is 2.04. The van der Waals surface area contributed by atoms with Crippen LogP contribution in [0.5, 0.6) is 0 Å². The summed E-state index contributed by atoms with van der Waals surface area (Å²) in [5.74, 6) is -0.289. The Kier molecular flexibility index (Phi) is 4.39. The van der Waals surface area contributed by atoms with E-state index in [1.54, 1.807) is 31.4 Å². The van der Waals surface area contributed by atoms with Crippen LogP contribution in [0.2, 0.25) is 0 Å². The summed E-state index contributed by atoms with van der Waals surface area (Å²) in [5, 5.41) is 0. The monoisotopic (exact) mass is 218 g/mol. The van der Waals surface area contributed by atoms with Crippen molar-refractivity contribution in [3.8, 4) is 0 Å². The number of hydrogen-bond donors (Lipinski definition) is 0. The molecular weight excluding hydrogens is 204 g/mol. The van der Waals surface area contributed by atoms with Crippen LogP contribution in [0.4, 0.5) is 0 Å². The van der Waals surface area contributed by atoms with E-state index in [1.807, 2.05) is 6.92 Å². The molecule has 0 atom stereocenters. The van der Waals surface area contributed by atoms with E-state index in [0.29, 0.717) is 18.5 Å². The largest absolute Gasteiger partial charge is 0.342 e. The molecule has 0 spiro atoms. The van der Waals surface area contributed by atoms with E-state index in [4.69, 9.17) is 0 Å². The van der Waals surface area contributed by atoms with Crippen molar-refractivity contribution >= 4 is 18.3 Å². The number of carbonyl (C=O) groups is 2. The summed E-state index contributed by atoms with van der Waals surface area (Å²) in [4.78, 5) is 28.0. The highest BCUT2D eigenvalue weighted by atomic mass is 16.2. The van der Waals surface area contributed by atoms with Crippen LogP contribution in [0.25, 0.3) is 6.08 Å². The van der Waals surface area contributed by atoms with E-state index in [1.165, 1.54) is 11.0 Å². The van der Waals surface area contributed by atoms with Gasteiger partial charge in [-0.25, -0.2) is 0 Å². The van der Waals surface area contributed by atoms with E-state index < -0.39 is 0 Å². The predicted octanol–water partition coefficient (Wildman–Crippen LogP) is 1.14. The molecule has 0 aliphatic carbocycles.